The molecule has 1 aromatic rings. The highest BCUT2D eigenvalue weighted by molar-refractivity contribution is 5.93. The Labute approximate surface area is 213 Å². The summed E-state index contributed by atoms with van der Waals surface area (Å²) in [5.41, 5.74) is -2.35. The first kappa shape index (κ1) is 10.3. The number of rotatable bonds is 2. The monoisotopic (exact) mass is 444 g/mol. The molecule has 5 rings (SSSR count). The van der Waals surface area contributed by atoms with Crippen molar-refractivity contribution >= 4 is 11.5 Å². The second-order valence-corrected chi connectivity index (χ2v) is 9.49. The van der Waals surface area contributed by atoms with Crippen molar-refractivity contribution in [2.75, 3.05) is 18.9 Å². The Kier molecular flexibility index (Phi) is 2.46. The Morgan fingerprint density at radius 2 is 2.06 bits per heavy atom. The molecular weight excluding hydrogens is 394 g/mol. The minimum absolute atomic E-state index is 0.0539. The van der Waals surface area contributed by atoms with E-state index in [0.717, 1.165) is 0 Å². The molecule has 3 heteroatoms. The number of nitrogens with zero attached hydrogens (tertiary/aromatic N) is 1. The summed E-state index contributed by atoms with van der Waals surface area (Å²) in [5, 5.41) is 12.0. The molecule has 1 aromatic carbocycles. The summed E-state index contributed by atoms with van der Waals surface area (Å²) in [5.74, 6) is 2.39. The summed E-state index contributed by atoms with van der Waals surface area (Å²) in [6.45, 7) is -7.63. The largest absolute Gasteiger partial charge is 0.378 e. The number of ketones is 1. The second kappa shape index (κ2) is 7.63. The van der Waals surface area contributed by atoms with Gasteiger partial charge in [-0.25, -0.2) is 0 Å². The number of hydrogen-bond acceptors (Lipinski definition) is 3. The lowest BCUT2D eigenvalue weighted by molar-refractivity contribution is -0.114. The van der Waals surface area contributed by atoms with Gasteiger partial charge in [-0.3, -0.25) is 4.79 Å². The number of carbonyl (C=O) groups excluding carboxylic acids is 1. The summed E-state index contributed by atoms with van der Waals surface area (Å²) < 4.78 is 122. The third-order valence-electron chi connectivity index (χ3n) is 8.15. The van der Waals surface area contributed by atoms with Crippen molar-refractivity contribution in [2.45, 2.75) is 70.2 Å². The van der Waals surface area contributed by atoms with Gasteiger partial charge < -0.3 is 10.0 Å². The molecule has 0 aliphatic heterocycles. The van der Waals surface area contributed by atoms with Gasteiger partial charge in [0.05, 0.1) is 5.48 Å². The van der Waals surface area contributed by atoms with E-state index in [1.54, 1.807) is 6.92 Å². The SMILES string of the molecule is [2H]c1c([2H])c(N(C([2H])([2H])[2H])C([2H])([2H])[2H])c([2H])c([2H])c1[C@H]1C[C@@]2(C)[C@@H](CC[C@@]2(O)C#CC([2H])([2H])[2H])[C@@H]2CCC3=CC(=O)C([2H])([2H])CC3=C21. The molecule has 168 valence electrons. The van der Waals surface area contributed by atoms with Crippen LogP contribution in [0, 0.1) is 29.1 Å². The Balaban J connectivity index is 1.82. The van der Waals surface area contributed by atoms with Gasteiger partial charge in [0.15, 0.2) is 5.78 Å². The summed E-state index contributed by atoms with van der Waals surface area (Å²) in [7, 11) is 0. The highest BCUT2D eigenvalue weighted by atomic mass is 16.3. The Morgan fingerprint density at radius 3 is 2.81 bits per heavy atom. The molecular formula is C29H35NO2. The number of fused-ring (bicyclic) bond motifs is 4. The van der Waals surface area contributed by atoms with E-state index in [2.05, 4.69) is 11.8 Å². The molecule has 0 bridgehead atoms. The van der Waals surface area contributed by atoms with Gasteiger partial charge >= 0.3 is 0 Å². The first-order valence-electron chi connectivity index (χ1n) is 18.4. The third-order valence-corrected chi connectivity index (χ3v) is 8.15. The molecule has 2 fully saturated rings. The molecule has 0 radical (unpaired) electrons. The molecule has 0 unspecified atom stereocenters. The van der Waals surface area contributed by atoms with Crippen molar-refractivity contribution in [1.82, 2.24) is 0 Å². The number of aliphatic hydroxyl groups is 1. The first-order valence-corrected chi connectivity index (χ1v) is 10.9. The Morgan fingerprint density at radius 1 is 1.25 bits per heavy atom. The van der Waals surface area contributed by atoms with Crippen LogP contribution in [0.5, 0.6) is 0 Å². The topological polar surface area (TPSA) is 40.5 Å². The molecule has 4 aliphatic carbocycles. The summed E-state index contributed by atoms with van der Waals surface area (Å²) in [6, 6.07) is -3.18. The van der Waals surface area contributed by atoms with Crippen molar-refractivity contribution in [3.63, 3.8) is 0 Å². The second-order valence-electron chi connectivity index (χ2n) is 9.49. The molecule has 0 amide bonds. The van der Waals surface area contributed by atoms with Crippen molar-refractivity contribution in [2.24, 2.45) is 17.3 Å². The van der Waals surface area contributed by atoms with Gasteiger partial charge in [0.25, 0.3) is 0 Å². The summed E-state index contributed by atoms with van der Waals surface area (Å²) in [6.07, 6.45) is 0.0744. The van der Waals surface area contributed by atoms with Crippen molar-refractivity contribution in [3.05, 3.63) is 52.5 Å². The molecule has 0 spiro atoms. The number of hydrogen-bond donors (Lipinski definition) is 1. The van der Waals surface area contributed by atoms with Gasteiger partial charge in [-0.05, 0) is 92.1 Å². The molecule has 4 aliphatic rings. The quantitative estimate of drug-likeness (QED) is 0.620. The van der Waals surface area contributed by atoms with Crippen LogP contribution in [0.4, 0.5) is 5.69 Å². The van der Waals surface area contributed by atoms with Gasteiger partial charge in [0.1, 0.15) is 5.60 Å². The maximum atomic E-state index is 12.6. The summed E-state index contributed by atoms with van der Waals surface area (Å²) >= 11 is 0. The molecule has 1 N–H and O–H groups in total. The maximum Gasteiger partial charge on any atom is 0.156 e. The van der Waals surface area contributed by atoms with Gasteiger partial charge in [-0.1, -0.05) is 30.5 Å². The van der Waals surface area contributed by atoms with Crippen molar-refractivity contribution < 1.29 is 30.5 Å². The fraction of sp³-hybridized carbons (Fsp3) is 0.552. The molecule has 3 nitrogen and oxygen atoms in total. The number of benzene rings is 1. The van der Waals surface area contributed by atoms with E-state index in [1.165, 1.54) is 6.08 Å². The molecule has 2 saturated carbocycles. The van der Waals surface area contributed by atoms with E-state index in [-0.39, 0.29) is 41.6 Å². The first-order chi connectivity index (χ1) is 21.3. The Bertz CT molecular complexity index is 1620. The van der Waals surface area contributed by atoms with Crippen LogP contribution >= 0.6 is 0 Å². The third kappa shape index (κ3) is 3.11. The van der Waals surface area contributed by atoms with Gasteiger partial charge in [-0.15, -0.1) is 5.92 Å². The van der Waals surface area contributed by atoms with Gasteiger partial charge in [0.2, 0.25) is 0 Å². The predicted octanol–water partition coefficient (Wildman–Crippen LogP) is 5.41. The van der Waals surface area contributed by atoms with E-state index in [9.17, 15) is 9.90 Å². The van der Waals surface area contributed by atoms with E-state index >= 15 is 0 Å². The fourth-order valence-electron chi connectivity index (χ4n) is 6.62. The number of allylic oxidation sites excluding steroid dienone is 4. The fourth-order valence-corrected chi connectivity index (χ4v) is 6.62. The van der Waals surface area contributed by atoms with Crippen molar-refractivity contribution in [1.29, 1.82) is 0 Å². The van der Waals surface area contributed by atoms with Gasteiger partial charge in [0, 0.05) is 52.4 Å². The smallest absolute Gasteiger partial charge is 0.156 e. The van der Waals surface area contributed by atoms with Gasteiger partial charge in [-0.2, -0.15) is 0 Å². The summed E-state index contributed by atoms with van der Waals surface area (Å²) in [4.78, 5) is 12.6. The highest BCUT2D eigenvalue weighted by Crippen LogP contribution is 2.66. The van der Waals surface area contributed by atoms with Crippen LogP contribution in [0.25, 0.3) is 0 Å². The molecule has 0 aromatic heterocycles. The van der Waals surface area contributed by atoms with Crippen LogP contribution in [0.1, 0.15) is 90.7 Å². The van der Waals surface area contributed by atoms with Crippen molar-refractivity contribution in [3.8, 4) is 11.8 Å². The average Bonchev–Trinajstić information content (AvgIpc) is 3.18. The lowest BCUT2D eigenvalue weighted by atomic mass is 9.51. The lowest BCUT2D eigenvalue weighted by Crippen LogP contribution is -2.51. The van der Waals surface area contributed by atoms with E-state index in [4.69, 9.17) is 20.6 Å². The number of carbonyl (C=O) groups is 1. The maximum absolute atomic E-state index is 12.6. The zero-order valence-electron chi connectivity index (χ0n) is 32.9. The lowest BCUT2D eigenvalue weighted by Gasteiger charge is -2.53. The van der Waals surface area contributed by atoms with E-state index in [0.29, 0.717) is 36.0 Å². The predicted molar refractivity (Wildman–Crippen MR) is 129 cm³/mol. The molecule has 0 saturated heterocycles. The zero-order valence-corrected chi connectivity index (χ0v) is 17.9. The minimum atomic E-state index is -3.36. The van der Waals surface area contributed by atoms with Crippen LogP contribution in [-0.4, -0.2) is 30.4 Å². The van der Waals surface area contributed by atoms with Crippen LogP contribution < -0.4 is 4.90 Å². The zero-order chi connectivity index (χ0) is 35.4. The molecule has 0 heterocycles. The van der Waals surface area contributed by atoms with Crippen LogP contribution in [-0.2, 0) is 4.79 Å². The van der Waals surface area contributed by atoms with E-state index < -0.39 is 79.8 Å². The standard InChI is InChI=1S/C29H35NO2/c1-5-15-29(32)16-14-26-24-12-8-20-17-22(31)11-13-23(20)27(24)25(18-28(26,29)2)19-6-9-21(10-7-19)30(3)4/h6-7,9-10,17,24-26,32H,8,11-14,16,18H2,1-4H3/t24-,25+,26-,28-,29-/m0/s1/i1D3,3D3,4D3,6D,7D,9D,10D,11D2. The minimum Gasteiger partial charge on any atom is -0.378 e. The van der Waals surface area contributed by atoms with E-state index in [1.807, 2.05) is 0 Å². The van der Waals surface area contributed by atoms with Crippen LogP contribution in [0.15, 0.2) is 47.0 Å². The average molecular weight is 445 g/mol. The highest BCUT2D eigenvalue weighted by Gasteiger charge is 2.62. The normalized spacial score (nSPS) is 45.4. The molecule has 32 heavy (non-hydrogen) atoms. The van der Waals surface area contributed by atoms with Crippen LogP contribution in [0.2, 0.25) is 0 Å². The number of anilines is 1. The Hall–Kier alpha value is -2.31. The van der Waals surface area contributed by atoms with Crippen LogP contribution in [0.3, 0.4) is 0 Å². The molecule has 5 atom stereocenters.